The van der Waals surface area contributed by atoms with Crippen LogP contribution in [0.1, 0.15) is 18.5 Å². The van der Waals surface area contributed by atoms with E-state index in [0.717, 1.165) is 42.5 Å². The molecule has 4 rings (SSSR count). The van der Waals surface area contributed by atoms with Crippen molar-refractivity contribution < 1.29 is 14.3 Å². The molecule has 1 atom stereocenters. The van der Waals surface area contributed by atoms with E-state index < -0.39 is 12.0 Å². The van der Waals surface area contributed by atoms with Gasteiger partial charge in [-0.3, -0.25) is 4.90 Å². The summed E-state index contributed by atoms with van der Waals surface area (Å²) in [7, 11) is 0. The predicted octanol–water partition coefficient (Wildman–Crippen LogP) is 2.80. The second-order valence-electron chi connectivity index (χ2n) is 7.87. The van der Waals surface area contributed by atoms with E-state index >= 15 is 0 Å². The molecule has 174 valence electrons. The van der Waals surface area contributed by atoms with Crippen molar-refractivity contribution in [2.75, 3.05) is 50.5 Å². The third kappa shape index (κ3) is 5.48. The molecule has 0 saturated carbocycles. The van der Waals surface area contributed by atoms with Crippen molar-refractivity contribution in [2.24, 2.45) is 0 Å². The highest BCUT2D eigenvalue weighted by Gasteiger charge is 2.34. The Kier molecular flexibility index (Phi) is 7.51. The molecular formula is C24H29N5O3S. The van der Waals surface area contributed by atoms with Gasteiger partial charge in [-0.15, -0.1) is 11.8 Å². The van der Waals surface area contributed by atoms with E-state index in [1.165, 1.54) is 0 Å². The first-order chi connectivity index (χ1) is 16.1. The van der Waals surface area contributed by atoms with Crippen LogP contribution in [0.25, 0.3) is 0 Å². The van der Waals surface area contributed by atoms with E-state index in [9.17, 15) is 9.59 Å². The number of pyridine rings is 1. The molecule has 1 saturated heterocycles. The highest BCUT2D eigenvalue weighted by atomic mass is 32.2. The molecule has 2 aliphatic heterocycles. The zero-order chi connectivity index (χ0) is 23.2. The molecule has 3 heterocycles. The minimum atomic E-state index is -0.557. The van der Waals surface area contributed by atoms with Crippen LogP contribution in [0, 0.1) is 0 Å². The Morgan fingerprint density at radius 1 is 1.15 bits per heavy atom. The average molecular weight is 468 g/mol. The number of nitrogens with zero attached hydrogens (tertiary/aromatic N) is 3. The molecule has 0 spiro atoms. The topological polar surface area (TPSA) is 86.8 Å². The van der Waals surface area contributed by atoms with E-state index in [-0.39, 0.29) is 12.6 Å². The minimum absolute atomic E-state index is 0.268. The van der Waals surface area contributed by atoms with Crippen LogP contribution in [-0.4, -0.2) is 67.5 Å². The van der Waals surface area contributed by atoms with Gasteiger partial charge in [0, 0.05) is 49.5 Å². The van der Waals surface area contributed by atoms with Crippen LogP contribution in [0.5, 0.6) is 0 Å². The van der Waals surface area contributed by atoms with Gasteiger partial charge in [-0.2, -0.15) is 0 Å². The van der Waals surface area contributed by atoms with Crippen LogP contribution >= 0.6 is 11.8 Å². The number of nitrogens with one attached hydrogen (secondary N) is 2. The Morgan fingerprint density at radius 2 is 1.91 bits per heavy atom. The maximum atomic E-state index is 13.0. The SMILES string of the molecule is CCOC(=O)C1=C(CN2CCN(c3ccccn3)CC2)NC(=O)N[C@H]1c1ccc(SC)cc1. The van der Waals surface area contributed by atoms with E-state index in [2.05, 4.69) is 25.4 Å². The first-order valence-corrected chi connectivity index (χ1v) is 12.3. The van der Waals surface area contributed by atoms with Crippen molar-refractivity contribution in [3.8, 4) is 0 Å². The monoisotopic (exact) mass is 467 g/mol. The lowest BCUT2D eigenvalue weighted by atomic mass is 9.95. The van der Waals surface area contributed by atoms with E-state index in [4.69, 9.17) is 4.74 Å². The van der Waals surface area contributed by atoms with Gasteiger partial charge in [0.05, 0.1) is 18.2 Å². The second kappa shape index (κ2) is 10.7. The smallest absolute Gasteiger partial charge is 0.338 e. The zero-order valence-corrected chi connectivity index (χ0v) is 19.7. The molecular weight excluding hydrogens is 438 g/mol. The molecule has 0 radical (unpaired) electrons. The fourth-order valence-electron chi connectivity index (χ4n) is 4.14. The first kappa shape index (κ1) is 23.1. The Labute approximate surface area is 198 Å². The third-order valence-electron chi connectivity index (χ3n) is 5.83. The Hall–Kier alpha value is -3.04. The van der Waals surface area contributed by atoms with E-state index in [1.807, 2.05) is 48.7 Å². The zero-order valence-electron chi connectivity index (χ0n) is 18.9. The van der Waals surface area contributed by atoms with Crippen LogP contribution in [0.4, 0.5) is 10.6 Å². The number of carbonyl (C=O) groups is 2. The van der Waals surface area contributed by atoms with Crippen molar-refractivity contribution in [3.05, 3.63) is 65.5 Å². The van der Waals surface area contributed by atoms with Gasteiger partial charge in [-0.05, 0) is 43.0 Å². The van der Waals surface area contributed by atoms with Crippen molar-refractivity contribution in [3.63, 3.8) is 0 Å². The van der Waals surface area contributed by atoms with E-state index in [1.54, 1.807) is 24.9 Å². The molecule has 1 aromatic carbocycles. The number of piperazine rings is 1. The number of urea groups is 1. The maximum absolute atomic E-state index is 13.0. The Morgan fingerprint density at radius 3 is 2.55 bits per heavy atom. The summed E-state index contributed by atoms with van der Waals surface area (Å²) >= 11 is 1.64. The van der Waals surface area contributed by atoms with Gasteiger partial charge in [-0.1, -0.05) is 18.2 Å². The van der Waals surface area contributed by atoms with Crippen molar-refractivity contribution >= 4 is 29.6 Å². The number of thioether (sulfide) groups is 1. The number of aromatic nitrogens is 1. The van der Waals surface area contributed by atoms with Gasteiger partial charge in [0.15, 0.2) is 0 Å². The van der Waals surface area contributed by atoms with Crippen LogP contribution in [0.3, 0.4) is 0 Å². The molecule has 9 heteroatoms. The summed E-state index contributed by atoms with van der Waals surface area (Å²) in [6.07, 6.45) is 3.81. The van der Waals surface area contributed by atoms with E-state index in [0.29, 0.717) is 17.8 Å². The molecule has 33 heavy (non-hydrogen) atoms. The summed E-state index contributed by atoms with van der Waals surface area (Å²) in [5.41, 5.74) is 1.91. The van der Waals surface area contributed by atoms with Gasteiger partial charge in [0.25, 0.3) is 0 Å². The largest absolute Gasteiger partial charge is 0.463 e. The quantitative estimate of drug-likeness (QED) is 0.478. The number of hydrogen-bond acceptors (Lipinski definition) is 7. The predicted molar refractivity (Wildman–Crippen MR) is 129 cm³/mol. The average Bonchev–Trinajstić information content (AvgIpc) is 2.85. The lowest BCUT2D eigenvalue weighted by Crippen LogP contribution is -2.52. The minimum Gasteiger partial charge on any atom is -0.463 e. The second-order valence-corrected chi connectivity index (χ2v) is 8.75. The standard InChI is InChI=1S/C24H29N5O3S/c1-3-32-23(30)21-19(16-28-12-14-29(15-13-28)20-6-4-5-11-25-20)26-24(31)27-22(21)17-7-9-18(33-2)10-8-17/h4-11,22H,3,12-16H2,1-2H3,(H2,26,27,31)/t22-/m0/s1. The number of amides is 2. The molecule has 0 unspecified atom stereocenters. The fraction of sp³-hybridized carbons (Fsp3) is 0.375. The number of ether oxygens (including phenoxy) is 1. The Bertz CT molecular complexity index is 1000. The summed E-state index contributed by atoms with van der Waals surface area (Å²) in [5, 5.41) is 5.78. The van der Waals surface area contributed by atoms with Gasteiger partial charge in [0.1, 0.15) is 5.82 Å². The first-order valence-electron chi connectivity index (χ1n) is 11.1. The highest BCUT2D eigenvalue weighted by molar-refractivity contribution is 7.98. The molecule has 2 aliphatic rings. The van der Waals surface area contributed by atoms with Crippen LogP contribution < -0.4 is 15.5 Å². The number of anilines is 1. The van der Waals surface area contributed by atoms with Crippen molar-refractivity contribution in [1.29, 1.82) is 0 Å². The summed E-state index contributed by atoms with van der Waals surface area (Å²) < 4.78 is 5.38. The Balaban J connectivity index is 1.56. The summed E-state index contributed by atoms with van der Waals surface area (Å²) in [4.78, 5) is 35.6. The van der Waals surface area contributed by atoms with Crippen LogP contribution in [0.2, 0.25) is 0 Å². The molecule has 8 nitrogen and oxygen atoms in total. The van der Waals surface area contributed by atoms with Gasteiger partial charge in [0.2, 0.25) is 0 Å². The molecule has 2 N–H and O–H groups in total. The summed E-state index contributed by atoms with van der Waals surface area (Å²) in [6.45, 7) is 5.77. The maximum Gasteiger partial charge on any atom is 0.338 e. The molecule has 2 amide bonds. The molecule has 1 fully saturated rings. The third-order valence-corrected chi connectivity index (χ3v) is 6.57. The van der Waals surface area contributed by atoms with Gasteiger partial charge in [-0.25, -0.2) is 14.6 Å². The van der Waals surface area contributed by atoms with Crippen LogP contribution in [-0.2, 0) is 9.53 Å². The lowest BCUT2D eigenvalue weighted by Gasteiger charge is -2.37. The molecule has 2 aromatic rings. The van der Waals surface area contributed by atoms with Gasteiger partial charge >= 0.3 is 12.0 Å². The number of carbonyl (C=O) groups excluding carboxylic acids is 2. The summed E-state index contributed by atoms with van der Waals surface area (Å²) in [6, 6.07) is 12.9. The number of hydrogen-bond donors (Lipinski definition) is 2. The normalized spacial score (nSPS) is 19.2. The van der Waals surface area contributed by atoms with Crippen LogP contribution in [0.15, 0.2) is 64.8 Å². The molecule has 0 aliphatic carbocycles. The van der Waals surface area contributed by atoms with Crippen molar-refractivity contribution in [2.45, 2.75) is 17.9 Å². The number of esters is 1. The molecule has 0 bridgehead atoms. The highest BCUT2D eigenvalue weighted by Crippen LogP contribution is 2.29. The fourth-order valence-corrected chi connectivity index (χ4v) is 4.55. The lowest BCUT2D eigenvalue weighted by molar-refractivity contribution is -0.139. The summed E-state index contributed by atoms with van der Waals surface area (Å²) in [5.74, 6) is 0.554. The molecule has 1 aromatic heterocycles. The number of benzene rings is 1. The van der Waals surface area contributed by atoms with Crippen molar-refractivity contribution in [1.82, 2.24) is 20.5 Å². The number of rotatable bonds is 7. The van der Waals surface area contributed by atoms with Gasteiger partial charge < -0.3 is 20.3 Å².